The fourth-order valence-corrected chi connectivity index (χ4v) is 3.72. The Balaban J connectivity index is 1.46. The second kappa shape index (κ2) is 7.24. The highest BCUT2D eigenvalue weighted by molar-refractivity contribution is 7.16. The SMILES string of the molecule is O=C(C=Cc1ccoc1)NCCc1ccc(-c2ccsc2)s1. The molecule has 112 valence electrons. The molecule has 0 aliphatic carbocycles. The van der Waals surface area contributed by atoms with Gasteiger partial charge in [-0.15, -0.1) is 11.3 Å². The van der Waals surface area contributed by atoms with E-state index in [1.54, 1.807) is 47.3 Å². The van der Waals surface area contributed by atoms with Crippen LogP contribution < -0.4 is 5.32 Å². The van der Waals surface area contributed by atoms with Gasteiger partial charge in [0.2, 0.25) is 5.91 Å². The molecule has 0 unspecified atom stereocenters. The van der Waals surface area contributed by atoms with Gasteiger partial charge in [-0.1, -0.05) is 0 Å². The first-order valence-electron chi connectivity index (χ1n) is 6.91. The number of thiophene rings is 2. The van der Waals surface area contributed by atoms with Gasteiger partial charge in [-0.2, -0.15) is 11.3 Å². The monoisotopic (exact) mass is 329 g/mol. The predicted octanol–water partition coefficient (Wildman–Crippen LogP) is 4.44. The molecule has 3 aromatic heterocycles. The van der Waals surface area contributed by atoms with E-state index in [4.69, 9.17) is 4.42 Å². The minimum Gasteiger partial charge on any atom is -0.472 e. The fourth-order valence-electron chi connectivity index (χ4n) is 1.98. The molecule has 3 nitrogen and oxygen atoms in total. The van der Waals surface area contributed by atoms with E-state index in [0.29, 0.717) is 6.54 Å². The molecule has 0 bridgehead atoms. The summed E-state index contributed by atoms with van der Waals surface area (Å²) in [5, 5.41) is 7.13. The molecule has 0 aromatic carbocycles. The maximum atomic E-state index is 11.7. The van der Waals surface area contributed by atoms with E-state index in [0.717, 1.165) is 12.0 Å². The number of hydrogen-bond donors (Lipinski definition) is 1. The summed E-state index contributed by atoms with van der Waals surface area (Å²) in [5.41, 5.74) is 2.15. The van der Waals surface area contributed by atoms with Gasteiger partial charge >= 0.3 is 0 Å². The topological polar surface area (TPSA) is 42.2 Å². The normalized spacial score (nSPS) is 11.1. The highest BCUT2D eigenvalue weighted by atomic mass is 32.1. The average Bonchev–Trinajstić information content (AvgIpc) is 3.26. The summed E-state index contributed by atoms with van der Waals surface area (Å²) in [5.74, 6) is -0.0872. The molecule has 3 aromatic rings. The molecule has 3 rings (SSSR count). The van der Waals surface area contributed by atoms with Gasteiger partial charge in [0.1, 0.15) is 0 Å². The average molecular weight is 329 g/mol. The van der Waals surface area contributed by atoms with Crippen LogP contribution in [0.4, 0.5) is 0 Å². The van der Waals surface area contributed by atoms with E-state index in [-0.39, 0.29) is 5.91 Å². The first-order chi connectivity index (χ1) is 10.8. The van der Waals surface area contributed by atoms with E-state index in [2.05, 4.69) is 34.3 Å². The lowest BCUT2D eigenvalue weighted by Gasteiger charge is -2.00. The predicted molar refractivity (Wildman–Crippen MR) is 92.1 cm³/mol. The lowest BCUT2D eigenvalue weighted by molar-refractivity contribution is -0.116. The van der Waals surface area contributed by atoms with Crippen LogP contribution in [0.15, 0.2) is 58.0 Å². The molecule has 0 radical (unpaired) electrons. The van der Waals surface area contributed by atoms with Gasteiger partial charge in [0, 0.05) is 33.5 Å². The Bertz CT molecular complexity index is 740. The van der Waals surface area contributed by atoms with Crippen molar-refractivity contribution in [3.05, 3.63) is 64.1 Å². The minimum absolute atomic E-state index is 0.0872. The Kier molecular flexibility index (Phi) is 4.88. The van der Waals surface area contributed by atoms with Crippen LogP contribution in [0.3, 0.4) is 0 Å². The minimum atomic E-state index is -0.0872. The second-order valence-corrected chi connectivity index (χ2v) is 6.66. The number of hydrogen-bond acceptors (Lipinski definition) is 4. The van der Waals surface area contributed by atoms with Crippen LogP contribution in [0.5, 0.6) is 0 Å². The lowest BCUT2D eigenvalue weighted by atomic mass is 10.2. The van der Waals surface area contributed by atoms with Crippen LogP contribution >= 0.6 is 22.7 Å². The number of amides is 1. The van der Waals surface area contributed by atoms with Crippen LogP contribution in [-0.2, 0) is 11.2 Å². The Hall–Kier alpha value is -2.11. The Morgan fingerprint density at radius 3 is 3.00 bits per heavy atom. The maximum absolute atomic E-state index is 11.7. The van der Waals surface area contributed by atoms with E-state index in [1.165, 1.54) is 21.4 Å². The van der Waals surface area contributed by atoms with Gasteiger partial charge in [-0.25, -0.2) is 0 Å². The summed E-state index contributed by atoms with van der Waals surface area (Å²) in [6, 6.07) is 8.21. The molecule has 0 aliphatic rings. The van der Waals surface area contributed by atoms with E-state index in [9.17, 15) is 4.79 Å². The third-order valence-corrected chi connectivity index (χ3v) is 4.99. The zero-order valence-electron chi connectivity index (χ0n) is 11.8. The molecule has 0 aliphatic heterocycles. The quantitative estimate of drug-likeness (QED) is 0.679. The first kappa shape index (κ1) is 14.8. The van der Waals surface area contributed by atoms with Crippen molar-refractivity contribution in [2.24, 2.45) is 0 Å². The molecule has 5 heteroatoms. The van der Waals surface area contributed by atoms with Gasteiger partial charge < -0.3 is 9.73 Å². The summed E-state index contributed by atoms with van der Waals surface area (Å²) >= 11 is 3.48. The highest BCUT2D eigenvalue weighted by Gasteiger charge is 2.03. The third kappa shape index (κ3) is 3.96. The van der Waals surface area contributed by atoms with E-state index in [1.807, 2.05) is 0 Å². The molecule has 0 saturated heterocycles. The standard InChI is InChI=1S/C17H15NO2S2/c19-17(4-1-13-6-9-20-11-13)18-8-5-15-2-3-16(22-15)14-7-10-21-12-14/h1-4,6-7,9-12H,5,8H2,(H,18,19). The zero-order chi connectivity index (χ0) is 15.2. The molecule has 1 amide bonds. The Labute approximate surface area is 136 Å². The molecule has 1 N–H and O–H groups in total. The smallest absolute Gasteiger partial charge is 0.244 e. The van der Waals surface area contributed by atoms with Gasteiger partial charge in [0.05, 0.1) is 12.5 Å². The van der Waals surface area contributed by atoms with Crippen molar-refractivity contribution in [1.82, 2.24) is 5.32 Å². The molecule has 0 saturated carbocycles. The maximum Gasteiger partial charge on any atom is 0.244 e. The summed E-state index contributed by atoms with van der Waals surface area (Å²) in [4.78, 5) is 14.3. The molecular weight excluding hydrogens is 314 g/mol. The van der Waals surface area contributed by atoms with Crippen molar-refractivity contribution >= 4 is 34.7 Å². The van der Waals surface area contributed by atoms with Gasteiger partial charge in [0.15, 0.2) is 0 Å². The van der Waals surface area contributed by atoms with Gasteiger partial charge in [-0.3, -0.25) is 4.79 Å². The molecular formula is C17H15NO2S2. The Morgan fingerprint density at radius 1 is 1.27 bits per heavy atom. The van der Waals surface area contributed by atoms with Crippen LogP contribution in [0.25, 0.3) is 16.5 Å². The largest absolute Gasteiger partial charge is 0.472 e. The first-order valence-corrected chi connectivity index (χ1v) is 8.66. The van der Waals surface area contributed by atoms with Crippen molar-refractivity contribution < 1.29 is 9.21 Å². The summed E-state index contributed by atoms with van der Waals surface area (Å²) in [7, 11) is 0. The number of carbonyl (C=O) groups excluding carboxylic acids is 1. The van der Waals surface area contributed by atoms with Crippen molar-refractivity contribution in [3.8, 4) is 10.4 Å². The zero-order valence-corrected chi connectivity index (χ0v) is 13.5. The van der Waals surface area contributed by atoms with E-state index >= 15 is 0 Å². The Morgan fingerprint density at radius 2 is 2.23 bits per heavy atom. The molecule has 3 heterocycles. The van der Waals surface area contributed by atoms with Crippen LogP contribution in [0.2, 0.25) is 0 Å². The third-order valence-electron chi connectivity index (χ3n) is 3.11. The lowest BCUT2D eigenvalue weighted by Crippen LogP contribution is -2.23. The summed E-state index contributed by atoms with van der Waals surface area (Å²) in [6.45, 7) is 0.637. The van der Waals surface area contributed by atoms with Crippen molar-refractivity contribution in [2.75, 3.05) is 6.54 Å². The summed E-state index contributed by atoms with van der Waals surface area (Å²) in [6.07, 6.45) is 7.29. The molecule has 0 atom stereocenters. The van der Waals surface area contributed by atoms with E-state index < -0.39 is 0 Å². The van der Waals surface area contributed by atoms with Gasteiger partial charge in [0.25, 0.3) is 0 Å². The number of rotatable bonds is 6. The van der Waals surface area contributed by atoms with Crippen molar-refractivity contribution in [1.29, 1.82) is 0 Å². The van der Waals surface area contributed by atoms with Crippen LogP contribution in [0.1, 0.15) is 10.4 Å². The van der Waals surface area contributed by atoms with Crippen molar-refractivity contribution in [3.63, 3.8) is 0 Å². The molecule has 0 fully saturated rings. The number of nitrogens with one attached hydrogen (secondary N) is 1. The summed E-state index contributed by atoms with van der Waals surface area (Å²) < 4.78 is 4.94. The van der Waals surface area contributed by atoms with Crippen LogP contribution in [-0.4, -0.2) is 12.5 Å². The molecule has 22 heavy (non-hydrogen) atoms. The molecule has 0 spiro atoms. The number of carbonyl (C=O) groups is 1. The van der Waals surface area contributed by atoms with Crippen LogP contribution in [0, 0.1) is 0 Å². The van der Waals surface area contributed by atoms with Crippen molar-refractivity contribution in [2.45, 2.75) is 6.42 Å². The highest BCUT2D eigenvalue weighted by Crippen LogP contribution is 2.29. The van der Waals surface area contributed by atoms with Gasteiger partial charge in [-0.05, 0) is 47.5 Å². The fraction of sp³-hybridized carbons (Fsp3) is 0.118. The second-order valence-electron chi connectivity index (χ2n) is 4.71. The number of furan rings is 1.